The van der Waals surface area contributed by atoms with Crippen LogP contribution in [0, 0.1) is 11.3 Å². The lowest BCUT2D eigenvalue weighted by atomic mass is 10.4. The minimum absolute atomic E-state index is 0.0130. The number of nitriles is 1. The van der Waals surface area contributed by atoms with E-state index < -0.39 is 0 Å². The van der Waals surface area contributed by atoms with Crippen LogP contribution < -0.4 is 0 Å². The Hall–Kier alpha value is -0.690. The highest BCUT2D eigenvalue weighted by Crippen LogP contribution is 2.07. The van der Waals surface area contributed by atoms with Gasteiger partial charge in [0.25, 0.3) is 0 Å². The lowest BCUT2D eigenvalue weighted by Gasteiger charge is -2.16. The SMILES string of the molecule is CSC(C)C(=O)N(C)CC#N. The summed E-state index contributed by atoms with van der Waals surface area (Å²) in [6, 6.07) is 1.92. The first-order valence-corrected chi connectivity index (χ1v) is 4.57. The molecule has 0 aliphatic carbocycles. The topological polar surface area (TPSA) is 44.1 Å². The van der Waals surface area contributed by atoms with Crippen LogP contribution >= 0.6 is 11.8 Å². The van der Waals surface area contributed by atoms with Crippen molar-refractivity contribution in [2.45, 2.75) is 12.2 Å². The van der Waals surface area contributed by atoms with E-state index in [1.165, 1.54) is 16.7 Å². The molecule has 0 spiro atoms. The van der Waals surface area contributed by atoms with Gasteiger partial charge in [-0.3, -0.25) is 4.79 Å². The Morgan fingerprint density at radius 3 is 2.73 bits per heavy atom. The Balaban J connectivity index is 3.93. The molecule has 0 aliphatic rings. The highest BCUT2D eigenvalue weighted by Gasteiger charge is 2.14. The average Bonchev–Trinajstić information content (AvgIpc) is 2.02. The zero-order valence-corrected chi connectivity index (χ0v) is 7.81. The lowest BCUT2D eigenvalue weighted by molar-refractivity contribution is -0.128. The van der Waals surface area contributed by atoms with Crippen molar-refractivity contribution in [3.05, 3.63) is 0 Å². The van der Waals surface area contributed by atoms with Gasteiger partial charge in [0.15, 0.2) is 0 Å². The van der Waals surface area contributed by atoms with E-state index in [1.54, 1.807) is 7.05 Å². The van der Waals surface area contributed by atoms with Crippen molar-refractivity contribution in [2.24, 2.45) is 0 Å². The van der Waals surface area contributed by atoms with E-state index in [0.717, 1.165) is 0 Å². The van der Waals surface area contributed by atoms with Crippen LogP contribution in [-0.4, -0.2) is 35.9 Å². The number of carbonyl (C=O) groups is 1. The van der Waals surface area contributed by atoms with Crippen LogP contribution in [-0.2, 0) is 4.79 Å². The third-order valence-electron chi connectivity index (χ3n) is 1.39. The summed E-state index contributed by atoms with van der Waals surface area (Å²) in [7, 11) is 1.64. The van der Waals surface area contributed by atoms with Gasteiger partial charge in [0.2, 0.25) is 5.91 Å². The maximum Gasteiger partial charge on any atom is 0.235 e. The molecule has 0 bridgehead atoms. The van der Waals surface area contributed by atoms with Crippen molar-refractivity contribution in [3.63, 3.8) is 0 Å². The zero-order chi connectivity index (χ0) is 8.85. The Labute approximate surface area is 71.4 Å². The van der Waals surface area contributed by atoms with Gasteiger partial charge in [-0.1, -0.05) is 0 Å². The van der Waals surface area contributed by atoms with Gasteiger partial charge < -0.3 is 4.90 Å². The van der Waals surface area contributed by atoms with Gasteiger partial charge >= 0.3 is 0 Å². The van der Waals surface area contributed by atoms with Gasteiger partial charge in [0.1, 0.15) is 6.54 Å². The van der Waals surface area contributed by atoms with Crippen molar-refractivity contribution < 1.29 is 4.79 Å². The second-order valence-corrected chi connectivity index (χ2v) is 3.41. The van der Waals surface area contributed by atoms with Gasteiger partial charge in [-0.15, -0.1) is 0 Å². The Bertz CT molecular complexity index is 176. The number of hydrogen-bond acceptors (Lipinski definition) is 3. The highest BCUT2D eigenvalue weighted by atomic mass is 32.2. The molecule has 0 saturated heterocycles. The van der Waals surface area contributed by atoms with Crippen LogP contribution in [0.5, 0.6) is 0 Å². The summed E-state index contributed by atoms with van der Waals surface area (Å²) in [5, 5.41) is 8.24. The molecule has 1 amide bonds. The molecule has 0 aromatic heterocycles. The summed E-state index contributed by atoms with van der Waals surface area (Å²) in [6.07, 6.45) is 1.88. The quantitative estimate of drug-likeness (QED) is 0.589. The number of hydrogen-bond donors (Lipinski definition) is 0. The standard InChI is InChI=1S/C7H12N2OS/c1-6(11-3)7(10)9(2)5-4-8/h6H,5H2,1-3H3. The molecule has 0 aromatic carbocycles. The maximum atomic E-state index is 11.2. The van der Waals surface area contributed by atoms with Crippen molar-refractivity contribution in [2.75, 3.05) is 19.8 Å². The lowest BCUT2D eigenvalue weighted by Crippen LogP contribution is -2.33. The third-order valence-corrected chi connectivity index (χ3v) is 2.29. The van der Waals surface area contributed by atoms with Gasteiger partial charge in [0.05, 0.1) is 11.3 Å². The Morgan fingerprint density at radius 1 is 1.82 bits per heavy atom. The molecule has 0 rings (SSSR count). The molecule has 0 aromatic rings. The van der Waals surface area contributed by atoms with E-state index >= 15 is 0 Å². The van der Waals surface area contributed by atoms with E-state index in [-0.39, 0.29) is 17.7 Å². The summed E-state index contributed by atoms with van der Waals surface area (Å²) in [5.41, 5.74) is 0. The maximum absolute atomic E-state index is 11.2. The van der Waals surface area contributed by atoms with Crippen molar-refractivity contribution in [3.8, 4) is 6.07 Å². The average molecular weight is 172 g/mol. The van der Waals surface area contributed by atoms with Crippen LogP contribution in [0.1, 0.15) is 6.92 Å². The fraction of sp³-hybridized carbons (Fsp3) is 0.714. The van der Waals surface area contributed by atoms with E-state index in [9.17, 15) is 4.79 Å². The van der Waals surface area contributed by atoms with E-state index in [2.05, 4.69) is 0 Å². The predicted octanol–water partition coefficient (Wildman–Crippen LogP) is 0.720. The van der Waals surface area contributed by atoms with Crippen molar-refractivity contribution >= 4 is 17.7 Å². The fourth-order valence-electron chi connectivity index (χ4n) is 0.595. The van der Waals surface area contributed by atoms with Crippen molar-refractivity contribution in [1.82, 2.24) is 4.90 Å². The molecule has 11 heavy (non-hydrogen) atoms. The van der Waals surface area contributed by atoms with Gasteiger partial charge in [0, 0.05) is 7.05 Å². The number of rotatable bonds is 3. The molecule has 4 heteroatoms. The largest absolute Gasteiger partial charge is 0.331 e. The molecule has 0 heterocycles. The van der Waals surface area contributed by atoms with Crippen LogP contribution in [0.3, 0.4) is 0 Å². The number of nitrogens with zero attached hydrogens (tertiary/aromatic N) is 2. The molecule has 0 saturated carbocycles. The second kappa shape index (κ2) is 5.03. The number of thioether (sulfide) groups is 1. The predicted molar refractivity (Wildman–Crippen MR) is 46.2 cm³/mol. The molecule has 0 fully saturated rings. The highest BCUT2D eigenvalue weighted by molar-refractivity contribution is 7.99. The van der Waals surface area contributed by atoms with Gasteiger partial charge in [-0.05, 0) is 13.2 Å². The molecule has 0 aliphatic heterocycles. The van der Waals surface area contributed by atoms with E-state index in [4.69, 9.17) is 5.26 Å². The number of carbonyl (C=O) groups excluding carboxylic acids is 1. The van der Waals surface area contributed by atoms with Crippen LogP contribution in [0.2, 0.25) is 0 Å². The summed E-state index contributed by atoms with van der Waals surface area (Å²) in [6.45, 7) is 2.00. The summed E-state index contributed by atoms with van der Waals surface area (Å²) in [5.74, 6) is 0.0130. The number of amides is 1. The Kier molecular flexibility index (Phi) is 4.71. The molecule has 3 nitrogen and oxygen atoms in total. The second-order valence-electron chi connectivity index (χ2n) is 2.23. The molecule has 1 atom stereocenters. The monoisotopic (exact) mass is 172 g/mol. The first-order valence-electron chi connectivity index (χ1n) is 3.28. The summed E-state index contributed by atoms with van der Waals surface area (Å²) in [4.78, 5) is 12.6. The first kappa shape index (κ1) is 10.3. The van der Waals surface area contributed by atoms with Gasteiger partial charge in [-0.25, -0.2) is 0 Å². The molecular formula is C7H12N2OS. The zero-order valence-electron chi connectivity index (χ0n) is 7.00. The fourth-order valence-corrected chi connectivity index (χ4v) is 0.977. The van der Waals surface area contributed by atoms with Crippen LogP contribution in [0.25, 0.3) is 0 Å². The summed E-state index contributed by atoms with van der Waals surface area (Å²) >= 11 is 1.49. The molecule has 0 radical (unpaired) electrons. The van der Waals surface area contributed by atoms with Crippen LogP contribution in [0.15, 0.2) is 0 Å². The minimum atomic E-state index is -0.0478. The summed E-state index contributed by atoms with van der Waals surface area (Å²) < 4.78 is 0. The Morgan fingerprint density at radius 2 is 2.36 bits per heavy atom. The molecule has 62 valence electrons. The first-order chi connectivity index (χ1) is 5.13. The smallest absolute Gasteiger partial charge is 0.235 e. The molecule has 1 unspecified atom stereocenters. The van der Waals surface area contributed by atoms with Crippen LogP contribution in [0.4, 0.5) is 0 Å². The van der Waals surface area contributed by atoms with Crippen molar-refractivity contribution in [1.29, 1.82) is 5.26 Å². The van der Waals surface area contributed by atoms with E-state index in [0.29, 0.717) is 0 Å². The van der Waals surface area contributed by atoms with Gasteiger partial charge in [-0.2, -0.15) is 17.0 Å². The molecular weight excluding hydrogens is 160 g/mol. The minimum Gasteiger partial charge on any atom is -0.331 e. The van der Waals surface area contributed by atoms with E-state index in [1.807, 2.05) is 19.2 Å². The molecule has 0 N–H and O–H groups in total. The third kappa shape index (κ3) is 3.28. The normalized spacial score (nSPS) is 11.8.